The minimum absolute atomic E-state index is 0.377. The monoisotopic (exact) mass is 337 g/mol. The van der Waals surface area contributed by atoms with Gasteiger partial charge in [0.1, 0.15) is 24.5 Å². The van der Waals surface area contributed by atoms with Crippen LogP contribution in [0.2, 0.25) is 0 Å². The van der Waals surface area contributed by atoms with Gasteiger partial charge in [0, 0.05) is 5.56 Å². The number of para-hydroxylation sites is 1. The number of benzene rings is 2. The third-order valence-corrected chi connectivity index (χ3v) is 4.07. The van der Waals surface area contributed by atoms with Crippen LogP contribution in [0.1, 0.15) is 27.0 Å². The van der Waals surface area contributed by atoms with E-state index < -0.39 is 12.3 Å². The van der Waals surface area contributed by atoms with Crippen molar-refractivity contribution in [2.75, 3.05) is 0 Å². The third-order valence-electron chi connectivity index (χ3n) is 4.07. The van der Waals surface area contributed by atoms with Crippen LogP contribution in [0.25, 0.3) is 11.1 Å². The molecule has 2 unspecified atom stereocenters. The maximum Gasteiger partial charge on any atom is 0.219 e. The highest BCUT2D eigenvalue weighted by Gasteiger charge is 2.34. The lowest BCUT2D eigenvalue weighted by molar-refractivity contribution is -0.0728. The summed E-state index contributed by atoms with van der Waals surface area (Å²) in [5.74, 6) is 0.692. The third kappa shape index (κ3) is 3.88. The van der Waals surface area contributed by atoms with Crippen molar-refractivity contribution in [2.24, 2.45) is 5.41 Å². The fourth-order valence-electron chi connectivity index (χ4n) is 2.60. The van der Waals surface area contributed by atoms with Crippen LogP contribution in [0.5, 0.6) is 5.75 Å². The molecule has 0 spiro atoms. The molecule has 0 saturated heterocycles. The van der Waals surface area contributed by atoms with Crippen LogP contribution >= 0.6 is 0 Å². The zero-order valence-electron chi connectivity index (χ0n) is 14.7. The molecule has 1 N–H and O–H groups in total. The first-order valence-corrected chi connectivity index (χ1v) is 8.30. The smallest absolute Gasteiger partial charge is 0.219 e. The SMILES string of the molecule is CC(C)(C)C(O)C(Oc1ccccc1-c1ccccc1)n1cncn1. The van der Waals surface area contributed by atoms with Crippen LogP contribution < -0.4 is 4.74 Å². The highest BCUT2D eigenvalue weighted by Crippen LogP contribution is 2.35. The average Bonchev–Trinajstić information content (AvgIpc) is 3.14. The van der Waals surface area contributed by atoms with Gasteiger partial charge in [0.2, 0.25) is 6.23 Å². The summed E-state index contributed by atoms with van der Waals surface area (Å²) in [6, 6.07) is 17.8. The van der Waals surface area contributed by atoms with E-state index in [0.29, 0.717) is 5.75 Å². The maximum atomic E-state index is 10.8. The van der Waals surface area contributed by atoms with Crippen molar-refractivity contribution < 1.29 is 9.84 Å². The van der Waals surface area contributed by atoms with E-state index in [1.54, 1.807) is 11.0 Å². The van der Waals surface area contributed by atoms with Gasteiger partial charge in [0.15, 0.2) is 0 Å². The van der Waals surface area contributed by atoms with Gasteiger partial charge in [-0.15, -0.1) is 0 Å². The number of hydrogen-bond donors (Lipinski definition) is 1. The summed E-state index contributed by atoms with van der Waals surface area (Å²) in [5.41, 5.74) is 1.65. The van der Waals surface area contributed by atoms with Gasteiger partial charge in [-0.2, -0.15) is 5.10 Å². The second kappa shape index (κ2) is 7.07. The Morgan fingerprint density at radius 1 is 1.00 bits per heavy atom. The number of rotatable bonds is 5. The Balaban J connectivity index is 1.99. The molecule has 0 radical (unpaired) electrons. The largest absolute Gasteiger partial charge is 0.465 e. The van der Waals surface area contributed by atoms with Crippen LogP contribution in [0.4, 0.5) is 0 Å². The number of aliphatic hydroxyl groups excluding tert-OH is 1. The van der Waals surface area contributed by atoms with Crippen LogP contribution in [0.15, 0.2) is 67.3 Å². The van der Waals surface area contributed by atoms with E-state index in [0.717, 1.165) is 11.1 Å². The van der Waals surface area contributed by atoms with Gasteiger partial charge in [0.05, 0.1) is 0 Å². The molecule has 2 aromatic carbocycles. The lowest BCUT2D eigenvalue weighted by Gasteiger charge is -2.33. The molecule has 5 nitrogen and oxygen atoms in total. The van der Waals surface area contributed by atoms with Gasteiger partial charge in [-0.05, 0) is 17.0 Å². The van der Waals surface area contributed by atoms with Crippen molar-refractivity contribution in [1.82, 2.24) is 14.8 Å². The Morgan fingerprint density at radius 2 is 1.68 bits per heavy atom. The molecule has 0 aliphatic heterocycles. The van der Waals surface area contributed by atoms with Crippen molar-refractivity contribution >= 4 is 0 Å². The van der Waals surface area contributed by atoms with Crippen molar-refractivity contribution in [2.45, 2.75) is 33.1 Å². The first-order chi connectivity index (χ1) is 12.0. The fourth-order valence-corrected chi connectivity index (χ4v) is 2.60. The summed E-state index contributed by atoms with van der Waals surface area (Å²) in [6.07, 6.45) is 1.56. The Morgan fingerprint density at radius 3 is 2.32 bits per heavy atom. The molecule has 0 bridgehead atoms. The quantitative estimate of drug-likeness (QED) is 0.766. The molecule has 0 fully saturated rings. The Labute approximate surface area is 147 Å². The lowest BCUT2D eigenvalue weighted by atomic mass is 9.88. The predicted molar refractivity (Wildman–Crippen MR) is 97.0 cm³/mol. The second-order valence-electron chi connectivity index (χ2n) is 7.06. The van der Waals surface area contributed by atoms with E-state index in [1.807, 2.05) is 75.4 Å². The molecular weight excluding hydrogens is 314 g/mol. The zero-order chi connectivity index (χ0) is 17.9. The van der Waals surface area contributed by atoms with Crippen molar-refractivity contribution in [3.05, 3.63) is 67.3 Å². The molecule has 0 aliphatic carbocycles. The topological polar surface area (TPSA) is 60.2 Å². The molecule has 1 aromatic heterocycles. The van der Waals surface area contributed by atoms with E-state index in [1.165, 1.54) is 6.33 Å². The van der Waals surface area contributed by atoms with E-state index in [2.05, 4.69) is 10.1 Å². The second-order valence-corrected chi connectivity index (χ2v) is 7.06. The molecule has 0 amide bonds. The zero-order valence-corrected chi connectivity index (χ0v) is 14.7. The maximum absolute atomic E-state index is 10.8. The van der Waals surface area contributed by atoms with Gasteiger partial charge >= 0.3 is 0 Å². The molecule has 25 heavy (non-hydrogen) atoms. The van der Waals surface area contributed by atoms with E-state index in [-0.39, 0.29) is 5.41 Å². The summed E-state index contributed by atoms with van der Waals surface area (Å²) in [5, 5.41) is 15.0. The first kappa shape index (κ1) is 17.2. The number of aromatic nitrogens is 3. The molecule has 5 heteroatoms. The summed E-state index contributed by atoms with van der Waals surface area (Å²) >= 11 is 0. The van der Waals surface area contributed by atoms with Gasteiger partial charge in [-0.3, -0.25) is 0 Å². The molecule has 0 aliphatic rings. The lowest BCUT2D eigenvalue weighted by Crippen LogP contribution is -2.39. The van der Waals surface area contributed by atoms with Crippen LogP contribution in [0, 0.1) is 5.41 Å². The summed E-state index contributed by atoms with van der Waals surface area (Å²) < 4.78 is 7.80. The highest BCUT2D eigenvalue weighted by atomic mass is 16.5. The van der Waals surface area contributed by atoms with Crippen molar-refractivity contribution in [1.29, 1.82) is 0 Å². The number of ether oxygens (including phenoxy) is 1. The Hall–Kier alpha value is -2.66. The molecule has 3 rings (SSSR count). The predicted octanol–water partition coefficient (Wildman–Crippen LogP) is 3.93. The van der Waals surface area contributed by atoms with Crippen molar-refractivity contribution in [3.63, 3.8) is 0 Å². The Bertz CT molecular complexity index is 795. The molecule has 0 saturated carbocycles. The van der Waals surface area contributed by atoms with Gasteiger partial charge in [-0.1, -0.05) is 69.3 Å². The molecule has 3 aromatic rings. The average molecular weight is 337 g/mol. The van der Waals surface area contributed by atoms with E-state index >= 15 is 0 Å². The minimum atomic E-state index is -0.766. The summed E-state index contributed by atoms with van der Waals surface area (Å²) in [7, 11) is 0. The molecule has 130 valence electrons. The number of nitrogens with zero attached hydrogens (tertiary/aromatic N) is 3. The molecule has 2 atom stereocenters. The minimum Gasteiger partial charge on any atom is -0.465 e. The highest BCUT2D eigenvalue weighted by molar-refractivity contribution is 5.70. The number of aliphatic hydroxyl groups is 1. The van der Waals surface area contributed by atoms with Gasteiger partial charge in [0.25, 0.3) is 0 Å². The van der Waals surface area contributed by atoms with Crippen molar-refractivity contribution in [3.8, 4) is 16.9 Å². The fraction of sp³-hybridized carbons (Fsp3) is 0.300. The van der Waals surface area contributed by atoms with Gasteiger partial charge < -0.3 is 9.84 Å². The van der Waals surface area contributed by atoms with Gasteiger partial charge in [-0.25, -0.2) is 9.67 Å². The summed E-state index contributed by atoms with van der Waals surface area (Å²) in [6.45, 7) is 5.90. The number of hydrogen-bond acceptors (Lipinski definition) is 4. The summed E-state index contributed by atoms with van der Waals surface area (Å²) in [4.78, 5) is 3.99. The van der Waals surface area contributed by atoms with E-state index in [9.17, 15) is 5.11 Å². The molecular formula is C20H23N3O2. The molecule has 1 heterocycles. The van der Waals surface area contributed by atoms with Crippen LogP contribution in [0.3, 0.4) is 0 Å². The van der Waals surface area contributed by atoms with Crippen LogP contribution in [-0.4, -0.2) is 26.0 Å². The first-order valence-electron chi connectivity index (χ1n) is 8.30. The van der Waals surface area contributed by atoms with E-state index in [4.69, 9.17) is 4.74 Å². The normalized spacial score (nSPS) is 14.1. The van der Waals surface area contributed by atoms with Crippen LogP contribution in [-0.2, 0) is 0 Å². The standard InChI is InChI=1S/C20H23N3O2/c1-20(2,3)18(24)19(23-14-21-13-22-23)25-17-12-8-7-11-16(17)15-9-5-4-6-10-15/h4-14,18-19,24H,1-3H3. The Kier molecular flexibility index (Phi) is 4.86.